The number of anilines is 1. The third-order valence-corrected chi connectivity index (χ3v) is 2.79. The molecule has 94 valence electrons. The highest BCUT2D eigenvalue weighted by Gasteiger charge is 2.05. The van der Waals surface area contributed by atoms with Gasteiger partial charge in [0.15, 0.2) is 5.11 Å². The van der Waals surface area contributed by atoms with Crippen LogP contribution in [0.1, 0.15) is 26.7 Å². The summed E-state index contributed by atoms with van der Waals surface area (Å²) in [5.41, 5.74) is 0.678. The Kier molecular flexibility index (Phi) is 5.65. The van der Waals surface area contributed by atoms with Crippen LogP contribution in [0.5, 0.6) is 0 Å². The molecule has 0 amide bonds. The third-order valence-electron chi connectivity index (χ3n) is 2.28. The van der Waals surface area contributed by atoms with Crippen molar-refractivity contribution in [1.29, 1.82) is 0 Å². The van der Waals surface area contributed by atoms with E-state index in [2.05, 4.69) is 24.5 Å². The van der Waals surface area contributed by atoms with E-state index in [1.165, 1.54) is 12.1 Å². The maximum absolute atomic E-state index is 12.9. The second-order valence-corrected chi connectivity index (χ2v) is 4.73. The summed E-state index contributed by atoms with van der Waals surface area (Å²) < 4.78 is 12.9. The molecule has 0 fully saturated rings. The van der Waals surface area contributed by atoms with Crippen LogP contribution in [-0.4, -0.2) is 11.2 Å². The van der Waals surface area contributed by atoms with Crippen LogP contribution in [0, 0.1) is 5.82 Å². The molecule has 1 aromatic rings. The Morgan fingerprint density at radius 1 is 1.53 bits per heavy atom. The Morgan fingerprint density at radius 3 is 2.82 bits per heavy atom. The molecule has 0 radical (unpaired) electrons. The molecule has 1 atom stereocenters. The van der Waals surface area contributed by atoms with E-state index in [0.29, 0.717) is 16.8 Å². The molecule has 0 heterocycles. The highest BCUT2D eigenvalue weighted by molar-refractivity contribution is 7.80. The van der Waals surface area contributed by atoms with Gasteiger partial charge < -0.3 is 10.6 Å². The number of halogens is 2. The van der Waals surface area contributed by atoms with Gasteiger partial charge in [-0.25, -0.2) is 4.39 Å². The molecular formula is C12H16ClFN2S. The average molecular weight is 275 g/mol. The third kappa shape index (κ3) is 4.88. The van der Waals surface area contributed by atoms with Crippen molar-refractivity contribution in [2.75, 3.05) is 5.32 Å². The zero-order valence-electron chi connectivity index (χ0n) is 9.89. The van der Waals surface area contributed by atoms with E-state index in [1.54, 1.807) is 6.07 Å². The molecule has 2 N–H and O–H groups in total. The summed E-state index contributed by atoms with van der Waals surface area (Å²) in [6.07, 6.45) is 2.14. The molecule has 0 unspecified atom stereocenters. The summed E-state index contributed by atoms with van der Waals surface area (Å²) in [6.45, 7) is 4.18. The first-order valence-corrected chi connectivity index (χ1v) is 6.34. The molecule has 0 saturated heterocycles. The van der Waals surface area contributed by atoms with E-state index in [-0.39, 0.29) is 5.02 Å². The summed E-state index contributed by atoms with van der Waals surface area (Å²) in [7, 11) is 0. The van der Waals surface area contributed by atoms with Crippen molar-refractivity contribution in [2.24, 2.45) is 0 Å². The van der Waals surface area contributed by atoms with E-state index in [9.17, 15) is 4.39 Å². The van der Waals surface area contributed by atoms with Crippen molar-refractivity contribution >= 4 is 34.6 Å². The average Bonchev–Trinajstić information content (AvgIpc) is 2.23. The second-order valence-electron chi connectivity index (χ2n) is 3.92. The summed E-state index contributed by atoms with van der Waals surface area (Å²) in [6, 6.07) is 4.73. The monoisotopic (exact) mass is 274 g/mol. The van der Waals surface area contributed by atoms with Crippen LogP contribution in [-0.2, 0) is 0 Å². The molecule has 0 aliphatic rings. The predicted molar refractivity (Wildman–Crippen MR) is 75.1 cm³/mol. The van der Waals surface area contributed by atoms with Crippen LogP contribution in [0.4, 0.5) is 10.1 Å². The zero-order valence-corrected chi connectivity index (χ0v) is 11.5. The molecule has 1 aromatic carbocycles. The molecular weight excluding hydrogens is 259 g/mol. The normalized spacial score (nSPS) is 12.0. The van der Waals surface area contributed by atoms with Crippen LogP contribution < -0.4 is 10.6 Å². The Balaban J connectivity index is 2.53. The summed E-state index contributed by atoms with van der Waals surface area (Å²) in [5, 5.41) is 6.72. The first-order valence-electron chi connectivity index (χ1n) is 5.55. The minimum atomic E-state index is -0.435. The Labute approximate surface area is 112 Å². The molecule has 2 nitrogen and oxygen atoms in total. The zero-order chi connectivity index (χ0) is 12.8. The summed E-state index contributed by atoms with van der Waals surface area (Å²) in [4.78, 5) is 0. The van der Waals surface area contributed by atoms with Crippen LogP contribution in [0.15, 0.2) is 18.2 Å². The first-order chi connectivity index (χ1) is 8.02. The van der Waals surface area contributed by atoms with Crippen molar-refractivity contribution in [3.63, 3.8) is 0 Å². The lowest BCUT2D eigenvalue weighted by Gasteiger charge is -2.16. The van der Waals surface area contributed by atoms with Gasteiger partial charge in [0.1, 0.15) is 5.82 Å². The number of nitrogens with one attached hydrogen (secondary N) is 2. The number of benzene rings is 1. The lowest BCUT2D eigenvalue weighted by atomic mass is 10.2. The lowest BCUT2D eigenvalue weighted by Crippen LogP contribution is -2.35. The van der Waals surface area contributed by atoms with Crippen molar-refractivity contribution < 1.29 is 4.39 Å². The van der Waals surface area contributed by atoms with Crippen molar-refractivity contribution in [1.82, 2.24) is 5.32 Å². The fraction of sp³-hybridized carbons (Fsp3) is 0.417. The standard InChI is InChI=1S/C12H16ClFN2S/c1-3-4-8(2)15-12(17)16-9-5-6-11(14)10(13)7-9/h5-8H,3-4H2,1-2H3,(H2,15,16,17)/t8-/m1/s1. The van der Waals surface area contributed by atoms with Gasteiger partial charge >= 0.3 is 0 Å². The quantitative estimate of drug-likeness (QED) is 0.813. The number of thiocarbonyl (C=S) groups is 1. The Morgan fingerprint density at radius 2 is 2.24 bits per heavy atom. The maximum atomic E-state index is 12.9. The maximum Gasteiger partial charge on any atom is 0.170 e. The van der Waals surface area contributed by atoms with Gasteiger partial charge in [0.2, 0.25) is 0 Å². The van der Waals surface area contributed by atoms with Crippen LogP contribution in [0.3, 0.4) is 0 Å². The van der Waals surface area contributed by atoms with E-state index < -0.39 is 5.82 Å². The molecule has 0 spiro atoms. The van der Waals surface area contributed by atoms with E-state index in [1.807, 2.05) is 0 Å². The molecule has 0 bridgehead atoms. The molecule has 0 aliphatic carbocycles. The topological polar surface area (TPSA) is 24.1 Å². The number of rotatable bonds is 4. The van der Waals surface area contributed by atoms with Gasteiger partial charge in [0.25, 0.3) is 0 Å². The fourth-order valence-electron chi connectivity index (χ4n) is 1.47. The molecule has 0 saturated carbocycles. The molecule has 17 heavy (non-hydrogen) atoms. The van der Waals surface area contributed by atoms with Crippen LogP contribution in [0.25, 0.3) is 0 Å². The van der Waals surface area contributed by atoms with Gasteiger partial charge in [0.05, 0.1) is 5.02 Å². The highest BCUT2D eigenvalue weighted by Crippen LogP contribution is 2.19. The van der Waals surface area contributed by atoms with Gasteiger partial charge in [-0.3, -0.25) is 0 Å². The van der Waals surface area contributed by atoms with Crippen LogP contribution >= 0.6 is 23.8 Å². The number of hydrogen-bond acceptors (Lipinski definition) is 1. The molecule has 1 rings (SSSR count). The highest BCUT2D eigenvalue weighted by atomic mass is 35.5. The minimum Gasteiger partial charge on any atom is -0.360 e. The smallest absolute Gasteiger partial charge is 0.170 e. The predicted octanol–water partition coefficient (Wildman–Crippen LogP) is 3.95. The molecule has 0 aromatic heterocycles. The second kappa shape index (κ2) is 6.77. The van der Waals surface area contributed by atoms with Crippen molar-refractivity contribution in [3.8, 4) is 0 Å². The first kappa shape index (κ1) is 14.2. The summed E-state index contributed by atoms with van der Waals surface area (Å²) in [5.74, 6) is -0.435. The minimum absolute atomic E-state index is 0.0828. The van der Waals surface area contributed by atoms with Gasteiger partial charge in [-0.05, 0) is 43.8 Å². The van der Waals surface area contributed by atoms with Crippen molar-refractivity contribution in [2.45, 2.75) is 32.7 Å². The van der Waals surface area contributed by atoms with Gasteiger partial charge in [0, 0.05) is 11.7 Å². The van der Waals surface area contributed by atoms with E-state index in [0.717, 1.165) is 12.8 Å². The summed E-state index contributed by atoms with van der Waals surface area (Å²) >= 11 is 10.8. The van der Waals surface area contributed by atoms with E-state index in [4.69, 9.17) is 23.8 Å². The Bertz CT molecular complexity index is 398. The SMILES string of the molecule is CCC[C@@H](C)NC(=S)Nc1ccc(F)c(Cl)c1. The van der Waals surface area contributed by atoms with Gasteiger partial charge in [-0.2, -0.15) is 0 Å². The van der Waals surface area contributed by atoms with Crippen molar-refractivity contribution in [3.05, 3.63) is 29.0 Å². The number of hydrogen-bond donors (Lipinski definition) is 2. The molecule has 0 aliphatic heterocycles. The molecule has 5 heteroatoms. The Hall–Kier alpha value is -0.870. The van der Waals surface area contributed by atoms with E-state index >= 15 is 0 Å². The van der Waals surface area contributed by atoms with Gasteiger partial charge in [-0.15, -0.1) is 0 Å². The van der Waals surface area contributed by atoms with Crippen LogP contribution in [0.2, 0.25) is 5.02 Å². The largest absolute Gasteiger partial charge is 0.360 e. The lowest BCUT2D eigenvalue weighted by molar-refractivity contribution is 0.599. The fourth-order valence-corrected chi connectivity index (χ4v) is 1.97. The van der Waals surface area contributed by atoms with Gasteiger partial charge in [-0.1, -0.05) is 24.9 Å².